The minimum absolute atomic E-state index is 0.00766. The lowest BCUT2D eigenvalue weighted by atomic mass is 10.1. The van der Waals surface area contributed by atoms with E-state index in [1.165, 1.54) is 25.4 Å². The molecular weight excluding hydrogens is 399 g/mol. The standard InChI is InChI=1S/C23H25FN4O3/c1-28(2)12-5-13-31-19-10-8-18(9-11-19)26-22-21(23(29)30-3)27-20(15-25-22)16-6-4-7-17(24)14-16/h4,6-11,14-15H,5,12-13H2,1-3H3,(H,25,26). The molecule has 0 bridgehead atoms. The molecule has 3 aromatic rings. The summed E-state index contributed by atoms with van der Waals surface area (Å²) in [5.41, 5.74) is 1.60. The average Bonchev–Trinajstić information content (AvgIpc) is 2.77. The third kappa shape index (κ3) is 6.23. The van der Waals surface area contributed by atoms with E-state index >= 15 is 0 Å². The van der Waals surface area contributed by atoms with Gasteiger partial charge in [-0.25, -0.2) is 19.2 Å². The highest BCUT2D eigenvalue weighted by Crippen LogP contribution is 2.24. The second kappa shape index (κ2) is 10.5. The van der Waals surface area contributed by atoms with Crippen LogP contribution < -0.4 is 10.1 Å². The topological polar surface area (TPSA) is 76.6 Å². The lowest BCUT2D eigenvalue weighted by molar-refractivity contribution is 0.0595. The molecule has 162 valence electrons. The molecule has 0 saturated heterocycles. The number of rotatable bonds is 9. The van der Waals surface area contributed by atoms with Crippen LogP contribution in [0.2, 0.25) is 0 Å². The number of anilines is 2. The second-order valence-corrected chi connectivity index (χ2v) is 7.11. The summed E-state index contributed by atoms with van der Waals surface area (Å²) in [6, 6.07) is 13.3. The van der Waals surface area contributed by atoms with Crippen molar-refractivity contribution in [1.82, 2.24) is 14.9 Å². The number of carbonyl (C=O) groups excluding carboxylic acids is 1. The lowest BCUT2D eigenvalue weighted by Crippen LogP contribution is -2.15. The minimum Gasteiger partial charge on any atom is -0.494 e. The van der Waals surface area contributed by atoms with Crippen LogP contribution in [0.1, 0.15) is 16.9 Å². The number of hydrogen-bond donors (Lipinski definition) is 1. The molecule has 8 heteroatoms. The number of methoxy groups -OCH3 is 1. The number of halogens is 1. The van der Waals surface area contributed by atoms with Crippen LogP contribution in [0, 0.1) is 5.82 Å². The van der Waals surface area contributed by atoms with Crippen molar-refractivity contribution in [2.24, 2.45) is 0 Å². The van der Waals surface area contributed by atoms with Crippen LogP contribution in [-0.4, -0.2) is 55.2 Å². The normalized spacial score (nSPS) is 10.7. The summed E-state index contributed by atoms with van der Waals surface area (Å²) < 4.78 is 24.1. The van der Waals surface area contributed by atoms with Gasteiger partial charge in [0.05, 0.1) is 25.6 Å². The molecule has 3 rings (SSSR count). The van der Waals surface area contributed by atoms with Crippen molar-refractivity contribution < 1.29 is 18.7 Å². The Hall–Kier alpha value is -3.52. The molecule has 1 aromatic heterocycles. The van der Waals surface area contributed by atoms with Crippen LogP contribution in [0.4, 0.5) is 15.9 Å². The molecule has 1 N–H and O–H groups in total. The van der Waals surface area contributed by atoms with E-state index < -0.39 is 11.8 Å². The Labute approximate surface area is 180 Å². The molecule has 0 unspecified atom stereocenters. The van der Waals surface area contributed by atoms with E-state index in [9.17, 15) is 9.18 Å². The summed E-state index contributed by atoms with van der Waals surface area (Å²) in [5.74, 6) is -0.0454. The highest BCUT2D eigenvalue weighted by molar-refractivity contribution is 5.93. The van der Waals surface area contributed by atoms with E-state index in [1.54, 1.807) is 12.1 Å². The molecule has 0 aliphatic heterocycles. The molecule has 7 nitrogen and oxygen atoms in total. The van der Waals surface area contributed by atoms with Gasteiger partial charge in [-0.05, 0) is 56.9 Å². The summed E-state index contributed by atoms with van der Waals surface area (Å²) in [4.78, 5) is 23.0. The van der Waals surface area contributed by atoms with Crippen molar-refractivity contribution in [1.29, 1.82) is 0 Å². The zero-order valence-electron chi connectivity index (χ0n) is 17.8. The average molecular weight is 424 g/mol. The van der Waals surface area contributed by atoms with E-state index in [0.717, 1.165) is 18.7 Å². The SMILES string of the molecule is COC(=O)c1nc(-c2cccc(F)c2)cnc1Nc1ccc(OCCCN(C)C)cc1. The lowest BCUT2D eigenvalue weighted by Gasteiger charge is -2.12. The van der Waals surface area contributed by atoms with Gasteiger partial charge in [0.2, 0.25) is 0 Å². The van der Waals surface area contributed by atoms with Gasteiger partial charge in [0.15, 0.2) is 11.5 Å². The number of hydrogen-bond acceptors (Lipinski definition) is 7. The summed E-state index contributed by atoms with van der Waals surface area (Å²) in [6.45, 7) is 1.59. The molecule has 0 radical (unpaired) electrons. The second-order valence-electron chi connectivity index (χ2n) is 7.11. The van der Waals surface area contributed by atoms with E-state index in [4.69, 9.17) is 9.47 Å². The third-order valence-corrected chi connectivity index (χ3v) is 4.41. The van der Waals surface area contributed by atoms with Crippen molar-refractivity contribution >= 4 is 17.5 Å². The predicted molar refractivity (Wildman–Crippen MR) is 117 cm³/mol. The molecule has 1 heterocycles. The predicted octanol–water partition coefficient (Wildman–Crippen LogP) is 4.14. The van der Waals surface area contributed by atoms with Crippen molar-refractivity contribution in [3.8, 4) is 17.0 Å². The number of ether oxygens (including phenoxy) is 2. The monoisotopic (exact) mass is 424 g/mol. The number of nitrogens with one attached hydrogen (secondary N) is 1. The van der Waals surface area contributed by atoms with Gasteiger partial charge in [-0.3, -0.25) is 0 Å². The van der Waals surface area contributed by atoms with Crippen molar-refractivity contribution in [3.05, 3.63) is 66.2 Å². The van der Waals surface area contributed by atoms with Gasteiger partial charge in [0.25, 0.3) is 0 Å². The molecule has 0 spiro atoms. The van der Waals surface area contributed by atoms with Gasteiger partial charge < -0.3 is 19.7 Å². The van der Waals surface area contributed by atoms with Crippen molar-refractivity contribution in [2.45, 2.75) is 6.42 Å². The Kier molecular flexibility index (Phi) is 7.50. The molecular formula is C23H25FN4O3. The molecule has 0 aliphatic rings. The molecule has 0 saturated carbocycles. The van der Waals surface area contributed by atoms with Gasteiger partial charge in [0, 0.05) is 17.8 Å². The summed E-state index contributed by atoms with van der Waals surface area (Å²) in [6.07, 6.45) is 2.41. The fraction of sp³-hybridized carbons (Fsp3) is 0.261. The van der Waals surface area contributed by atoms with Gasteiger partial charge in [-0.15, -0.1) is 0 Å². The smallest absolute Gasteiger partial charge is 0.360 e. The number of carbonyl (C=O) groups is 1. The molecule has 31 heavy (non-hydrogen) atoms. The summed E-state index contributed by atoms with van der Waals surface area (Å²) >= 11 is 0. The van der Waals surface area contributed by atoms with Crippen molar-refractivity contribution in [3.63, 3.8) is 0 Å². The molecule has 0 fully saturated rings. The van der Waals surface area contributed by atoms with E-state index in [0.29, 0.717) is 23.6 Å². The third-order valence-electron chi connectivity index (χ3n) is 4.41. The van der Waals surface area contributed by atoms with E-state index in [2.05, 4.69) is 20.2 Å². The van der Waals surface area contributed by atoms with E-state index in [1.807, 2.05) is 38.4 Å². The first-order valence-corrected chi connectivity index (χ1v) is 9.82. The van der Waals surface area contributed by atoms with Gasteiger partial charge in [0.1, 0.15) is 11.6 Å². The van der Waals surface area contributed by atoms with Crippen LogP contribution in [0.5, 0.6) is 5.75 Å². The largest absolute Gasteiger partial charge is 0.494 e. The number of esters is 1. The van der Waals surface area contributed by atoms with Crippen LogP contribution in [0.3, 0.4) is 0 Å². The molecule has 0 aliphatic carbocycles. The Balaban J connectivity index is 1.75. The van der Waals surface area contributed by atoms with Gasteiger partial charge in [-0.1, -0.05) is 12.1 Å². The number of nitrogens with zero attached hydrogens (tertiary/aromatic N) is 3. The van der Waals surface area contributed by atoms with E-state index in [-0.39, 0.29) is 11.5 Å². The fourth-order valence-electron chi connectivity index (χ4n) is 2.85. The first-order chi connectivity index (χ1) is 15.0. The molecule has 2 aromatic carbocycles. The zero-order valence-corrected chi connectivity index (χ0v) is 17.8. The quantitative estimate of drug-likeness (QED) is 0.409. The first-order valence-electron chi connectivity index (χ1n) is 9.82. The highest BCUT2D eigenvalue weighted by Gasteiger charge is 2.17. The Morgan fingerprint density at radius 2 is 1.94 bits per heavy atom. The van der Waals surface area contributed by atoms with Crippen LogP contribution in [0.25, 0.3) is 11.3 Å². The number of aromatic nitrogens is 2. The first kappa shape index (κ1) is 22.2. The van der Waals surface area contributed by atoms with Crippen LogP contribution >= 0.6 is 0 Å². The Morgan fingerprint density at radius 1 is 1.16 bits per heavy atom. The summed E-state index contributed by atoms with van der Waals surface area (Å²) in [7, 11) is 5.32. The fourth-order valence-corrected chi connectivity index (χ4v) is 2.85. The van der Waals surface area contributed by atoms with Crippen molar-refractivity contribution in [2.75, 3.05) is 39.7 Å². The maximum atomic E-state index is 13.5. The maximum absolute atomic E-state index is 13.5. The van der Waals surface area contributed by atoms with Crippen LogP contribution in [0.15, 0.2) is 54.7 Å². The zero-order chi connectivity index (χ0) is 22.2. The van der Waals surface area contributed by atoms with Gasteiger partial charge >= 0.3 is 5.97 Å². The minimum atomic E-state index is -0.644. The number of benzene rings is 2. The van der Waals surface area contributed by atoms with Crippen LogP contribution in [-0.2, 0) is 4.74 Å². The molecule has 0 amide bonds. The van der Waals surface area contributed by atoms with Gasteiger partial charge in [-0.2, -0.15) is 0 Å². The Bertz CT molecular complexity index is 1030. The molecule has 0 atom stereocenters. The highest BCUT2D eigenvalue weighted by atomic mass is 19.1. The maximum Gasteiger partial charge on any atom is 0.360 e. The summed E-state index contributed by atoms with van der Waals surface area (Å²) in [5, 5.41) is 3.08. The Morgan fingerprint density at radius 3 is 2.61 bits per heavy atom.